The fourth-order valence-electron chi connectivity index (χ4n) is 0.314. The molecule has 0 aromatic carbocycles. The number of aromatic amines is 1. The summed E-state index contributed by atoms with van der Waals surface area (Å²) in [6.07, 6.45) is 1.81. The minimum absolute atomic E-state index is 0.801. The third kappa shape index (κ3) is 0.518. The van der Waals surface area contributed by atoms with Crippen molar-refractivity contribution in [2.75, 3.05) is 0 Å². The van der Waals surface area contributed by atoms with E-state index in [1.807, 2.05) is 18.3 Å². The van der Waals surface area contributed by atoms with E-state index in [2.05, 4.69) is 17.6 Å². The van der Waals surface area contributed by atoms with Gasteiger partial charge in [-0.2, -0.15) is 0 Å². The van der Waals surface area contributed by atoms with Crippen molar-refractivity contribution >= 4 is 12.6 Å². The number of H-pyrrole nitrogens is 1. The van der Waals surface area contributed by atoms with Gasteiger partial charge in [0.25, 0.3) is 0 Å². The molecule has 1 aromatic rings. The molecule has 0 amide bonds. The molecule has 0 unspecified atom stereocenters. The van der Waals surface area contributed by atoms with Gasteiger partial charge in [0.1, 0.15) is 5.03 Å². The molecule has 31 valence electrons. The standard InChI is InChI=1S/C4H4NS/c6-4-2-1-3-5-4/h1-3,5H. The third-order valence-electron chi connectivity index (χ3n) is 0.569. The predicted octanol–water partition coefficient (Wildman–Crippen LogP) is 1.57. The van der Waals surface area contributed by atoms with Crippen molar-refractivity contribution in [3.63, 3.8) is 0 Å². The largest absolute Gasteiger partial charge is 0.353 e. The highest BCUT2D eigenvalue weighted by atomic mass is 32.1. The van der Waals surface area contributed by atoms with E-state index in [1.54, 1.807) is 0 Å². The lowest BCUT2D eigenvalue weighted by atomic mass is 10.7. The van der Waals surface area contributed by atoms with Crippen molar-refractivity contribution in [1.82, 2.24) is 4.98 Å². The molecule has 1 radical (unpaired) electrons. The van der Waals surface area contributed by atoms with Crippen LogP contribution in [0.1, 0.15) is 0 Å². The van der Waals surface area contributed by atoms with Crippen LogP contribution in [0.25, 0.3) is 0 Å². The molecule has 1 heterocycles. The Morgan fingerprint density at radius 3 is 2.67 bits per heavy atom. The van der Waals surface area contributed by atoms with Crippen molar-refractivity contribution in [3.05, 3.63) is 18.3 Å². The highest BCUT2D eigenvalue weighted by Crippen LogP contribution is 1.96. The van der Waals surface area contributed by atoms with Gasteiger partial charge < -0.3 is 4.98 Å². The van der Waals surface area contributed by atoms with Crippen LogP contribution in [0, 0.1) is 0 Å². The minimum atomic E-state index is 0.801. The van der Waals surface area contributed by atoms with Crippen molar-refractivity contribution in [1.29, 1.82) is 0 Å². The Bertz CT molecular complexity index is 111. The van der Waals surface area contributed by atoms with Crippen LogP contribution < -0.4 is 0 Å². The number of hydrogen-bond donors (Lipinski definition) is 1. The molecule has 2 heteroatoms. The van der Waals surface area contributed by atoms with Gasteiger partial charge in [0, 0.05) is 6.20 Å². The lowest BCUT2D eigenvalue weighted by Crippen LogP contribution is -1.51. The van der Waals surface area contributed by atoms with Crippen LogP contribution in [0.15, 0.2) is 23.4 Å². The summed E-state index contributed by atoms with van der Waals surface area (Å²) < 4.78 is 0. The quantitative estimate of drug-likeness (QED) is 0.507. The van der Waals surface area contributed by atoms with Crippen molar-refractivity contribution in [2.24, 2.45) is 0 Å². The van der Waals surface area contributed by atoms with E-state index in [1.165, 1.54) is 0 Å². The molecule has 0 aliphatic heterocycles. The maximum atomic E-state index is 4.69. The number of hydrogen-bond acceptors (Lipinski definition) is 0. The second-order valence-corrected chi connectivity index (χ2v) is 1.47. The number of aromatic nitrogens is 1. The van der Waals surface area contributed by atoms with Crippen LogP contribution in [0.5, 0.6) is 0 Å². The van der Waals surface area contributed by atoms with E-state index < -0.39 is 0 Å². The summed E-state index contributed by atoms with van der Waals surface area (Å²) in [5, 5.41) is 0.801. The topological polar surface area (TPSA) is 15.8 Å². The molecule has 1 nitrogen and oxygen atoms in total. The van der Waals surface area contributed by atoms with Crippen LogP contribution in [-0.2, 0) is 0 Å². The zero-order valence-electron chi connectivity index (χ0n) is 3.14. The first-order chi connectivity index (χ1) is 2.89. The Balaban J connectivity index is 3.05. The van der Waals surface area contributed by atoms with E-state index >= 15 is 0 Å². The number of rotatable bonds is 0. The Morgan fingerprint density at radius 2 is 2.50 bits per heavy atom. The minimum Gasteiger partial charge on any atom is -0.353 e. The van der Waals surface area contributed by atoms with Crippen LogP contribution in [0.3, 0.4) is 0 Å². The summed E-state index contributed by atoms with van der Waals surface area (Å²) in [5.74, 6) is 0. The molecule has 0 bridgehead atoms. The Kier molecular flexibility index (Phi) is 0.801. The molecular formula is C4H4NS. The fourth-order valence-corrected chi connectivity index (χ4v) is 0.460. The fraction of sp³-hybridized carbons (Fsp3) is 0. The van der Waals surface area contributed by atoms with E-state index in [-0.39, 0.29) is 0 Å². The van der Waals surface area contributed by atoms with Crippen LogP contribution in [0.2, 0.25) is 0 Å². The van der Waals surface area contributed by atoms with Gasteiger partial charge >= 0.3 is 0 Å². The van der Waals surface area contributed by atoms with Crippen molar-refractivity contribution in [2.45, 2.75) is 5.03 Å². The van der Waals surface area contributed by atoms with E-state index in [0.29, 0.717) is 0 Å². The van der Waals surface area contributed by atoms with Crippen LogP contribution >= 0.6 is 12.6 Å². The third-order valence-corrected chi connectivity index (χ3v) is 0.823. The number of nitrogens with one attached hydrogen (secondary N) is 1. The molecule has 0 aliphatic rings. The summed E-state index contributed by atoms with van der Waals surface area (Å²) in [6.45, 7) is 0. The lowest BCUT2D eigenvalue weighted by molar-refractivity contribution is 1.21. The lowest BCUT2D eigenvalue weighted by Gasteiger charge is -1.66. The van der Waals surface area contributed by atoms with Crippen LogP contribution in [-0.4, -0.2) is 4.98 Å². The zero-order valence-corrected chi connectivity index (χ0v) is 3.96. The second-order valence-electron chi connectivity index (χ2n) is 1.03. The van der Waals surface area contributed by atoms with E-state index in [9.17, 15) is 0 Å². The first-order valence-corrected chi connectivity index (χ1v) is 2.11. The molecule has 1 aromatic heterocycles. The van der Waals surface area contributed by atoms with Crippen molar-refractivity contribution in [3.8, 4) is 0 Å². The molecular weight excluding hydrogens is 94.1 g/mol. The maximum Gasteiger partial charge on any atom is 0.103 e. The van der Waals surface area contributed by atoms with Gasteiger partial charge in [-0.3, -0.25) is 0 Å². The summed E-state index contributed by atoms with van der Waals surface area (Å²) in [6, 6.07) is 3.72. The summed E-state index contributed by atoms with van der Waals surface area (Å²) in [7, 11) is 0. The Morgan fingerprint density at radius 1 is 1.67 bits per heavy atom. The first-order valence-electron chi connectivity index (χ1n) is 1.70. The van der Waals surface area contributed by atoms with Gasteiger partial charge in [0.15, 0.2) is 0 Å². The van der Waals surface area contributed by atoms with Gasteiger partial charge in [-0.1, -0.05) is 12.6 Å². The maximum absolute atomic E-state index is 4.69. The molecule has 0 saturated carbocycles. The molecule has 0 saturated heterocycles. The monoisotopic (exact) mass is 98.0 g/mol. The van der Waals surface area contributed by atoms with Gasteiger partial charge in [0.05, 0.1) is 0 Å². The molecule has 0 atom stereocenters. The zero-order chi connectivity index (χ0) is 4.41. The summed E-state index contributed by atoms with van der Waals surface area (Å²) >= 11 is 4.69. The van der Waals surface area contributed by atoms with E-state index in [4.69, 9.17) is 0 Å². The highest BCUT2D eigenvalue weighted by Gasteiger charge is 1.75. The average molecular weight is 98.1 g/mol. The van der Waals surface area contributed by atoms with Gasteiger partial charge in [0.2, 0.25) is 0 Å². The molecule has 0 spiro atoms. The normalized spacial score (nSPS) is 8.67. The van der Waals surface area contributed by atoms with Gasteiger partial charge in [-0.15, -0.1) is 0 Å². The SMILES string of the molecule is [S]c1ccc[nH]1. The smallest absolute Gasteiger partial charge is 0.103 e. The summed E-state index contributed by atoms with van der Waals surface area (Å²) in [5.41, 5.74) is 0. The van der Waals surface area contributed by atoms with Gasteiger partial charge in [-0.05, 0) is 12.1 Å². The highest BCUT2D eigenvalue weighted by molar-refractivity contribution is 7.80. The molecule has 0 fully saturated rings. The Labute approximate surface area is 41.8 Å². The first kappa shape index (κ1) is 3.68. The van der Waals surface area contributed by atoms with E-state index in [0.717, 1.165) is 5.03 Å². The van der Waals surface area contributed by atoms with Crippen LogP contribution in [0.4, 0.5) is 0 Å². The van der Waals surface area contributed by atoms with Gasteiger partial charge in [-0.25, -0.2) is 0 Å². The molecule has 0 aliphatic carbocycles. The second kappa shape index (κ2) is 1.30. The molecule has 1 rings (SSSR count). The predicted molar refractivity (Wildman–Crippen MR) is 26.6 cm³/mol. The molecule has 6 heavy (non-hydrogen) atoms. The molecule has 1 N–H and O–H groups in total. The summed E-state index contributed by atoms with van der Waals surface area (Å²) in [4.78, 5) is 2.81. The Hall–Kier alpha value is -0.500. The van der Waals surface area contributed by atoms with Crippen molar-refractivity contribution < 1.29 is 0 Å². The average Bonchev–Trinajstić information content (AvgIpc) is 1.86.